The van der Waals surface area contributed by atoms with Crippen LogP contribution in [0.4, 0.5) is 0 Å². The number of carbonyl (C=O) groups is 1. The van der Waals surface area contributed by atoms with Crippen molar-refractivity contribution in [3.8, 4) is 23.0 Å². The van der Waals surface area contributed by atoms with Gasteiger partial charge in [-0.25, -0.2) is 0 Å². The summed E-state index contributed by atoms with van der Waals surface area (Å²) in [5.41, 5.74) is 0.367. The summed E-state index contributed by atoms with van der Waals surface area (Å²) in [6, 6.07) is 8.41. The number of ether oxygens (including phenoxy) is 7. The van der Waals surface area contributed by atoms with Gasteiger partial charge in [-0.2, -0.15) is 0 Å². The van der Waals surface area contributed by atoms with Crippen LogP contribution < -0.4 is 14.2 Å². The number of phenols is 1. The van der Waals surface area contributed by atoms with Gasteiger partial charge in [-0.3, -0.25) is 4.79 Å². The van der Waals surface area contributed by atoms with Crippen molar-refractivity contribution in [2.24, 2.45) is 0 Å². The Kier molecular flexibility index (Phi) is 11.6. The molecule has 0 saturated carbocycles. The van der Waals surface area contributed by atoms with E-state index < -0.39 is 123 Å². The van der Waals surface area contributed by atoms with Crippen molar-refractivity contribution in [1.29, 1.82) is 0 Å². The molecule has 0 aromatic heterocycles. The number of benzene rings is 2. The predicted molar refractivity (Wildman–Crippen MR) is 167 cm³/mol. The van der Waals surface area contributed by atoms with Crippen LogP contribution in [0.1, 0.15) is 35.4 Å². The van der Waals surface area contributed by atoms with Gasteiger partial charge in [0.05, 0.1) is 25.7 Å². The summed E-state index contributed by atoms with van der Waals surface area (Å²) < 4.78 is 39.2. The number of carbonyl (C=O) groups excluding carboxylic acids is 1. The lowest BCUT2D eigenvalue weighted by Gasteiger charge is -2.42. The van der Waals surface area contributed by atoms with Gasteiger partial charge in [0.1, 0.15) is 102 Å². The van der Waals surface area contributed by atoms with Crippen LogP contribution in [-0.4, -0.2) is 167 Å². The number of aliphatic hydroxyl groups is 10. The molecule has 288 valence electrons. The van der Waals surface area contributed by atoms with E-state index >= 15 is 0 Å². The molecule has 11 N–H and O–H groups in total. The first kappa shape index (κ1) is 38.5. The van der Waals surface area contributed by atoms with Gasteiger partial charge in [0.25, 0.3) is 0 Å². The van der Waals surface area contributed by atoms with Crippen LogP contribution in [0.3, 0.4) is 0 Å². The molecular formula is C33H42O19. The van der Waals surface area contributed by atoms with Crippen molar-refractivity contribution in [3.05, 3.63) is 47.5 Å². The minimum atomic E-state index is -1.81. The molecule has 2 aromatic rings. The van der Waals surface area contributed by atoms with Crippen molar-refractivity contribution in [2.45, 2.75) is 112 Å². The number of hydrogen-bond acceptors (Lipinski definition) is 19. The second-order valence-corrected chi connectivity index (χ2v) is 13.1. The molecule has 0 unspecified atom stereocenters. The van der Waals surface area contributed by atoms with E-state index in [2.05, 4.69) is 0 Å². The number of Topliss-reactive ketones (excluding diaryl/α,β-unsaturated/α-hetero) is 1. The van der Waals surface area contributed by atoms with Gasteiger partial charge >= 0.3 is 0 Å². The third-order valence-electron chi connectivity index (χ3n) is 9.48. The first-order valence-corrected chi connectivity index (χ1v) is 16.5. The van der Waals surface area contributed by atoms with Crippen LogP contribution in [0.5, 0.6) is 23.0 Å². The Labute approximate surface area is 295 Å². The number of phenolic OH excluding ortho intramolecular Hbond substituents is 1. The Balaban J connectivity index is 1.12. The third kappa shape index (κ3) is 7.56. The Morgan fingerprint density at radius 2 is 1.23 bits per heavy atom. The Bertz CT molecular complexity index is 1540. The van der Waals surface area contributed by atoms with Gasteiger partial charge in [0, 0.05) is 12.1 Å². The summed E-state index contributed by atoms with van der Waals surface area (Å²) in [6.07, 6.45) is -23.7. The molecule has 6 rings (SSSR count). The maximum Gasteiger partial charge on any atom is 0.229 e. The van der Waals surface area contributed by atoms with Gasteiger partial charge in [0.2, 0.25) is 12.6 Å². The topological polar surface area (TPSA) is 304 Å². The van der Waals surface area contributed by atoms with E-state index in [1.807, 2.05) is 0 Å². The molecule has 4 aliphatic rings. The molecule has 2 aromatic carbocycles. The van der Waals surface area contributed by atoms with Crippen molar-refractivity contribution in [1.82, 2.24) is 0 Å². The second kappa shape index (κ2) is 15.6. The maximum atomic E-state index is 13.1. The zero-order valence-electron chi connectivity index (χ0n) is 27.5. The summed E-state index contributed by atoms with van der Waals surface area (Å²) >= 11 is 0. The molecule has 19 heteroatoms. The van der Waals surface area contributed by atoms with Gasteiger partial charge < -0.3 is 89.3 Å². The van der Waals surface area contributed by atoms with E-state index in [0.717, 1.165) is 6.07 Å². The minimum absolute atomic E-state index is 0.0815. The van der Waals surface area contributed by atoms with Gasteiger partial charge in [-0.1, -0.05) is 12.1 Å². The molecule has 52 heavy (non-hydrogen) atoms. The number of ketones is 1. The third-order valence-corrected chi connectivity index (χ3v) is 9.48. The first-order chi connectivity index (χ1) is 24.7. The summed E-state index contributed by atoms with van der Waals surface area (Å²) in [5, 5.41) is 112. The van der Waals surface area contributed by atoms with Gasteiger partial charge in [-0.15, -0.1) is 0 Å². The second-order valence-electron chi connectivity index (χ2n) is 13.1. The predicted octanol–water partition coefficient (Wildman–Crippen LogP) is -3.69. The van der Waals surface area contributed by atoms with Crippen molar-refractivity contribution < 1.29 is 94.1 Å². The lowest BCUT2D eigenvalue weighted by Crippen LogP contribution is -2.61. The highest BCUT2D eigenvalue weighted by molar-refractivity contribution is 6.02. The van der Waals surface area contributed by atoms with E-state index in [4.69, 9.17) is 33.2 Å². The van der Waals surface area contributed by atoms with Gasteiger partial charge in [-0.05, 0) is 24.6 Å². The summed E-state index contributed by atoms with van der Waals surface area (Å²) in [6.45, 7) is 0.293. The van der Waals surface area contributed by atoms with Crippen LogP contribution in [0.15, 0.2) is 36.4 Å². The molecule has 19 nitrogen and oxygen atoms in total. The number of rotatable bonds is 9. The van der Waals surface area contributed by atoms with E-state index in [1.54, 1.807) is 12.1 Å². The highest BCUT2D eigenvalue weighted by atomic mass is 16.7. The van der Waals surface area contributed by atoms with Crippen LogP contribution >= 0.6 is 0 Å². The summed E-state index contributed by atoms with van der Waals surface area (Å²) in [5.74, 6) is -1.04. The molecule has 3 saturated heterocycles. The smallest absolute Gasteiger partial charge is 0.229 e. The Morgan fingerprint density at radius 3 is 1.87 bits per heavy atom. The number of hydrogen-bond donors (Lipinski definition) is 11. The van der Waals surface area contributed by atoms with Crippen LogP contribution in [0, 0.1) is 0 Å². The molecule has 0 radical (unpaired) electrons. The van der Waals surface area contributed by atoms with Crippen LogP contribution in [-0.2, 0) is 18.9 Å². The van der Waals surface area contributed by atoms with E-state index in [1.165, 1.54) is 25.1 Å². The molecule has 4 aliphatic heterocycles. The zero-order valence-corrected chi connectivity index (χ0v) is 27.5. The van der Waals surface area contributed by atoms with E-state index in [0.29, 0.717) is 5.56 Å². The quantitative estimate of drug-likeness (QED) is 0.118. The number of aliphatic hydroxyl groups excluding tert-OH is 10. The van der Waals surface area contributed by atoms with E-state index in [9.17, 15) is 61.0 Å². The summed E-state index contributed by atoms with van der Waals surface area (Å²) in [4.78, 5) is 13.1. The van der Waals surface area contributed by atoms with Crippen molar-refractivity contribution >= 4 is 5.78 Å². The summed E-state index contributed by atoms with van der Waals surface area (Å²) in [7, 11) is 0. The fraction of sp³-hybridized carbons (Fsp3) is 0.606. The molecule has 0 amide bonds. The highest BCUT2D eigenvalue weighted by Gasteiger charge is 2.48. The normalized spacial score (nSPS) is 40.8. The lowest BCUT2D eigenvalue weighted by molar-refractivity contribution is -0.318. The Morgan fingerprint density at radius 1 is 0.673 bits per heavy atom. The van der Waals surface area contributed by atoms with Gasteiger partial charge in [0.15, 0.2) is 12.1 Å². The van der Waals surface area contributed by atoms with Crippen molar-refractivity contribution in [3.63, 3.8) is 0 Å². The fourth-order valence-electron chi connectivity index (χ4n) is 6.36. The average Bonchev–Trinajstić information content (AvgIpc) is 3.12. The fourth-order valence-corrected chi connectivity index (χ4v) is 6.36. The SMILES string of the molecule is C[C@@H]1O[C@@H](OC[C@H]2O[C@@H](Oc3cc(O)c4c(c3)O[C@H](c3ccc(O[C@@H]5O[C@H](CO)[C@@H](O)[C@H](O)[C@H]5O)cc3)CC4=O)[C@H](O)[C@@H](O)[C@@H]2O)[C@H](O)[C@H](O)[C@H]1O. The monoisotopic (exact) mass is 742 g/mol. The largest absolute Gasteiger partial charge is 0.507 e. The zero-order chi connectivity index (χ0) is 37.6. The Hall–Kier alpha value is -3.25. The van der Waals surface area contributed by atoms with Crippen molar-refractivity contribution in [2.75, 3.05) is 13.2 Å². The first-order valence-electron chi connectivity index (χ1n) is 16.5. The molecule has 0 bridgehead atoms. The standard InChI is InChI=1S/C33H42O19/c1-11-22(37)25(40)28(43)31(47-11)46-10-20-24(39)27(42)30(45)33(52-20)49-14-6-15(35)21-16(36)8-17(50-18(21)7-14)12-2-4-13(5-3-12)48-32-29(44)26(41)23(38)19(9-34)51-32/h2-7,11,17,19-20,22-35,37-45H,8-10H2,1H3/t11-,17-,19+,20+,22-,23+,24+,25+,26-,27-,28+,29+,30+,31+,32+,33+/m0/s1. The maximum absolute atomic E-state index is 13.1. The molecule has 0 spiro atoms. The molecule has 0 aliphatic carbocycles. The molecule has 16 atom stereocenters. The highest BCUT2D eigenvalue weighted by Crippen LogP contribution is 2.43. The molecule has 4 heterocycles. The lowest BCUT2D eigenvalue weighted by atomic mass is 9.95. The van der Waals surface area contributed by atoms with Crippen LogP contribution in [0.25, 0.3) is 0 Å². The minimum Gasteiger partial charge on any atom is -0.507 e. The van der Waals surface area contributed by atoms with Crippen LogP contribution in [0.2, 0.25) is 0 Å². The van der Waals surface area contributed by atoms with E-state index in [-0.39, 0.29) is 29.2 Å². The average molecular weight is 743 g/mol. The molecular weight excluding hydrogens is 700 g/mol. The molecule has 3 fully saturated rings. The number of aromatic hydroxyl groups is 1. The number of fused-ring (bicyclic) bond motifs is 1.